The summed E-state index contributed by atoms with van der Waals surface area (Å²) in [5, 5.41) is 11.5. The highest BCUT2D eigenvalue weighted by Gasteiger charge is 2.23. The van der Waals surface area contributed by atoms with E-state index in [1.807, 2.05) is 12.1 Å². The number of carboxylic acid groups (broad SMARTS) is 1. The van der Waals surface area contributed by atoms with Crippen LogP contribution in [0.5, 0.6) is 5.75 Å². The molecule has 0 fully saturated rings. The van der Waals surface area contributed by atoms with Crippen LogP contribution in [0, 0.1) is 5.92 Å². The number of fused-ring (bicyclic) bond motifs is 1. The lowest BCUT2D eigenvalue weighted by Crippen LogP contribution is -2.46. The van der Waals surface area contributed by atoms with Crippen molar-refractivity contribution in [3.8, 4) is 5.75 Å². The number of carbonyl (C=O) groups excluding carboxylic acids is 1. The van der Waals surface area contributed by atoms with Crippen LogP contribution in [-0.2, 0) is 22.4 Å². The van der Waals surface area contributed by atoms with E-state index in [4.69, 9.17) is 9.84 Å². The summed E-state index contributed by atoms with van der Waals surface area (Å²) in [7, 11) is 0. The molecule has 0 saturated heterocycles. The van der Waals surface area contributed by atoms with Gasteiger partial charge in [-0.2, -0.15) is 0 Å². The van der Waals surface area contributed by atoms with Gasteiger partial charge in [-0.05, 0) is 54.9 Å². The molecule has 0 aromatic heterocycles. The number of carboxylic acids is 1. The van der Waals surface area contributed by atoms with Crippen molar-refractivity contribution < 1.29 is 19.4 Å². The van der Waals surface area contributed by atoms with Crippen molar-refractivity contribution in [3.63, 3.8) is 0 Å². The number of ether oxygens (including phenoxy) is 1. The van der Waals surface area contributed by atoms with Crippen LogP contribution in [0.2, 0.25) is 0 Å². The largest absolute Gasteiger partial charge is 0.484 e. The quantitative estimate of drug-likeness (QED) is 0.844. The third kappa shape index (κ3) is 4.23. The van der Waals surface area contributed by atoms with Gasteiger partial charge in [0.15, 0.2) is 6.61 Å². The molecule has 0 aliphatic heterocycles. The summed E-state index contributed by atoms with van der Waals surface area (Å²) in [4.78, 5) is 22.9. The Bertz CT molecular complexity index is 554. The number of aliphatic carboxylic acids is 1. The standard InChI is InChI=1S/C17H23NO4/c1-11(2)16(17(20)21)18-15(19)10-22-14-8-7-12-5-3-4-6-13(12)9-14/h7-9,11,16H,3-6,10H2,1-2H3,(H,18,19)(H,20,21)/t16-/m0/s1. The van der Waals surface area contributed by atoms with E-state index in [-0.39, 0.29) is 12.5 Å². The number of nitrogens with one attached hydrogen (secondary N) is 1. The minimum atomic E-state index is -1.03. The van der Waals surface area contributed by atoms with E-state index in [1.165, 1.54) is 24.0 Å². The monoisotopic (exact) mass is 305 g/mol. The molecule has 1 aromatic carbocycles. The lowest BCUT2D eigenvalue weighted by atomic mass is 9.92. The van der Waals surface area contributed by atoms with Crippen LogP contribution in [-0.4, -0.2) is 29.6 Å². The smallest absolute Gasteiger partial charge is 0.326 e. The Morgan fingerprint density at radius 3 is 2.55 bits per heavy atom. The third-order valence-corrected chi connectivity index (χ3v) is 3.94. The minimum absolute atomic E-state index is 0.171. The summed E-state index contributed by atoms with van der Waals surface area (Å²) >= 11 is 0. The molecular formula is C17H23NO4. The van der Waals surface area contributed by atoms with Gasteiger partial charge in [-0.15, -0.1) is 0 Å². The summed E-state index contributed by atoms with van der Waals surface area (Å²) in [5.41, 5.74) is 2.64. The van der Waals surface area contributed by atoms with Gasteiger partial charge in [0.1, 0.15) is 11.8 Å². The molecule has 5 heteroatoms. The maximum Gasteiger partial charge on any atom is 0.326 e. The van der Waals surface area contributed by atoms with Crippen LogP contribution in [0.1, 0.15) is 37.8 Å². The van der Waals surface area contributed by atoms with Crippen molar-refractivity contribution >= 4 is 11.9 Å². The molecular weight excluding hydrogens is 282 g/mol. The van der Waals surface area contributed by atoms with E-state index in [0.717, 1.165) is 12.8 Å². The molecule has 2 rings (SSSR count). The highest BCUT2D eigenvalue weighted by atomic mass is 16.5. The van der Waals surface area contributed by atoms with Crippen LogP contribution in [0.4, 0.5) is 0 Å². The average molecular weight is 305 g/mol. The third-order valence-electron chi connectivity index (χ3n) is 3.94. The fourth-order valence-corrected chi connectivity index (χ4v) is 2.68. The molecule has 5 nitrogen and oxygen atoms in total. The van der Waals surface area contributed by atoms with Gasteiger partial charge < -0.3 is 15.2 Å². The number of carbonyl (C=O) groups is 2. The van der Waals surface area contributed by atoms with Crippen LogP contribution < -0.4 is 10.1 Å². The predicted molar refractivity (Wildman–Crippen MR) is 83.0 cm³/mol. The molecule has 120 valence electrons. The molecule has 0 saturated carbocycles. The summed E-state index contributed by atoms with van der Waals surface area (Å²) in [6, 6.07) is 5.02. The van der Waals surface area contributed by atoms with Gasteiger partial charge in [0, 0.05) is 0 Å². The molecule has 0 bridgehead atoms. The number of rotatable bonds is 6. The highest BCUT2D eigenvalue weighted by molar-refractivity contribution is 5.84. The summed E-state index contributed by atoms with van der Waals surface area (Å²) in [5.74, 6) is -0.964. The van der Waals surface area contributed by atoms with E-state index in [2.05, 4.69) is 11.4 Å². The van der Waals surface area contributed by atoms with Gasteiger partial charge in [-0.3, -0.25) is 4.79 Å². The zero-order valence-electron chi connectivity index (χ0n) is 13.1. The molecule has 1 aromatic rings. The van der Waals surface area contributed by atoms with Crippen LogP contribution in [0.3, 0.4) is 0 Å². The SMILES string of the molecule is CC(C)[C@H](NC(=O)COc1ccc2c(c1)CCCC2)C(=O)O. The minimum Gasteiger partial charge on any atom is -0.484 e. The normalized spacial score (nSPS) is 15.0. The van der Waals surface area contributed by atoms with Gasteiger partial charge in [-0.25, -0.2) is 4.79 Å². The van der Waals surface area contributed by atoms with Crippen molar-refractivity contribution in [2.45, 2.75) is 45.6 Å². The Morgan fingerprint density at radius 1 is 1.23 bits per heavy atom. The summed E-state index contributed by atoms with van der Waals surface area (Å²) in [6.45, 7) is 3.34. The number of aryl methyl sites for hydroxylation is 2. The maximum atomic E-state index is 11.8. The Hall–Kier alpha value is -2.04. The number of amides is 1. The Labute approximate surface area is 130 Å². The molecule has 0 radical (unpaired) electrons. The Morgan fingerprint density at radius 2 is 1.91 bits per heavy atom. The van der Waals surface area contributed by atoms with E-state index < -0.39 is 17.9 Å². The van der Waals surface area contributed by atoms with Crippen molar-refractivity contribution in [3.05, 3.63) is 29.3 Å². The second-order valence-electron chi connectivity index (χ2n) is 6.05. The first-order chi connectivity index (χ1) is 10.5. The van der Waals surface area contributed by atoms with E-state index in [9.17, 15) is 9.59 Å². The molecule has 22 heavy (non-hydrogen) atoms. The predicted octanol–water partition coefficient (Wildman–Crippen LogP) is 2.17. The number of hydrogen-bond donors (Lipinski definition) is 2. The molecule has 1 aliphatic rings. The maximum absolute atomic E-state index is 11.8. The van der Waals surface area contributed by atoms with Crippen molar-refractivity contribution in [2.24, 2.45) is 5.92 Å². The Kier molecular flexibility index (Phi) is 5.41. The molecule has 1 atom stereocenters. The van der Waals surface area contributed by atoms with Gasteiger partial charge in [0.05, 0.1) is 0 Å². The fraction of sp³-hybridized carbons (Fsp3) is 0.529. The first-order valence-corrected chi connectivity index (χ1v) is 7.74. The van der Waals surface area contributed by atoms with Crippen LogP contribution in [0.25, 0.3) is 0 Å². The number of hydrogen-bond acceptors (Lipinski definition) is 3. The lowest BCUT2D eigenvalue weighted by Gasteiger charge is -2.19. The molecule has 0 unspecified atom stereocenters. The first kappa shape index (κ1) is 16.3. The van der Waals surface area contributed by atoms with E-state index in [0.29, 0.717) is 5.75 Å². The second-order valence-corrected chi connectivity index (χ2v) is 6.05. The molecule has 2 N–H and O–H groups in total. The zero-order valence-corrected chi connectivity index (χ0v) is 13.1. The molecule has 1 aliphatic carbocycles. The van der Waals surface area contributed by atoms with Crippen molar-refractivity contribution in [1.29, 1.82) is 0 Å². The van der Waals surface area contributed by atoms with Gasteiger partial charge in [0.2, 0.25) is 0 Å². The number of benzene rings is 1. The fourth-order valence-electron chi connectivity index (χ4n) is 2.68. The van der Waals surface area contributed by atoms with Crippen LogP contribution in [0.15, 0.2) is 18.2 Å². The molecule has 0 spiro atoms. The molecule has 0 heterocycles. The average Bonchev–Trinajstić information content (AvgIpc) is 2.49. The molecule has 1 amide bonds. The lowest BCUT2D eigenvalue weighted by molar-refractivity contribution is -0.143. The van der Waals surface area contributed by atoms with Gasteiger partial charge in [0.25, 0.3) is 5.91 Å². The van der Waals surface area contributed by atoms with Gasteiger partial charge in [-0.1, -0.05) is 19.9 Å². The Balaban J connectivity index is 1.89. The topological polar surface area (TPSA) is 75.6 Å². The van der Waals surface area contributed by atoms with Gasteiger partial charge >= 0.3 is 5.97 Å². The summed E-state index contributed by atoms with van der Waals surface area (Å²) < 4.78 is 5.49. The first-order valence-electron chi connectivity index (χ1n) is 7.74. The second kappa shape index (κ2) is 7.29. The van der Waals surface area contributed by atoms with E-state index in [1.54, 1.807) is 13.8 Å². The highest BCUT2D eigenvalue weighted by Crippen LogP contribution is 2.25. The zero-order chi connectivity index (χ0) is 16.1. The van der Waals surface area contributed by atoms with Crippen molar-refractivity contribution in [1.82, 2.24) is 5.32 Å². The van der Waals surface area contributed by atoms with Crippen molar-refractivity contribution in [2.75, 3.05) is 6.61 Å². The summed E-state index contributed by atoms with van der Waals surface area (Å²) in [6.07, 6.45) is 4.56. The van der Waals surface area contributed by atoms with Crippen LogP contribution >= 0.6 is 0 Å². The van der Waals surface area contributed by atoms with E-state index >= 15 is 0 Å².